The minimum Gasteiger partial charge on any atom is -0.508 e. The third-order valence-corrected chi connectivity index (χ3v) is 2.82. The molecule has 1 aromatic heterocycles. The number of nitrogens with one attached hydrogen (secondary N) is 1. The monoisotopic (exact) mass is 291 g/mol. The highest BCUT2D eigenvalue weighted by Crippen LogP contribution is 2.21. The van der Waals surface area contributed by atoms with Crippen LogP contribution in [0.1, 0.15) is 5.56 Å². The van der Waals surface area contributed by atoms with Crippen molar-refractivity contribution in [1.82, 2.24) is 5.32 Å². The van der Waals surface area contributed by atoms with Gasteiger partial charge in [0.05, 0.1) is 13.5 Å². The van der Waals surface area contributed by atoms with Crippen LogP contribution in [-0.4, -0.2) is 30.6 Å². The molecule has 1 heterocycles. The van der Waals surface area contributed by atoms with Gasteiger partial charge in [-0.15, -0.1) is 0 Å². The van der Waals surface area contributed by atoms with Gasteiger partial charge in [-0.2, -0.15) is 0 Å². The third-order valence-electron chi connectivity index (χ3n) is 2.82. The molecule has 0 fully saturated rings. The van der Waals surface area contributed by atoms with Crippen molar-refractivity contribution in [3.63, 3.8) is 0 Å². The number of amides is 1. The molecule has 110 valence electrons. The summed E-state index contributed by atoms with van der Waals surface area (Å²) in [5, 5.41) is 12.3. The van der Waals surface area contributed by atoms with Gasteiger partial charge in [0, 0.05) is 17.5 Å². The summed E-state index contributed by atoms with van der Waals surface area (Å²) in [5.41, 5.74) is 0.0192. The van der Waals surface area contributed by atoms with Crippen LogP contribution < -0.4 is 10.9 Å². The molecule has 0 aliphatic carbocycles. The van der Waals surface area contributed by atoms with Crippen molar-refractivity contribution in [2.75, 3.05) is 13.7 Å². The quantitative estimate of drug-likeness (QED) is 0.621. The summed E-state index contributed by atoms with van der Waals surface area (Å²) < 4.78 is 9.37. The number of carbonyl (C=O) groups is 2. The average Bonchev–Trinajstić information content (AvgIpc) is 2.43. The van der Waals surface area contributed by atoms with Crippen LogP contribution in [0.5, 0.6) is 5.75 Å². The van der Waals surface area contributed by atoms with Gasteiger partial charge >= 0.3 is 11.6 Å². The van der Waals surface area contributed by atoms with Crippen molar-refractivity contribution < 1.29 is 23.8 Å². The van der Waals surface area contributed by atoms with E-state index < -0.39 is 17.5 Å². The lowest BCUT2D eigenvalue weighted by atomic mass is 10.1. The van der Waals surface area contributed by atoms with E-state index in [9.17, 15) is 19.5 Å². The summed E-state index contributed by atoms with van der Waals surface area (Å²) in [6, 6.07) is 5.48. The Labute approximate surface area is 119 Å². The molecule has 0 aliphatic heterocycles. The SMILES string of the molecule is COC(=O)CNC(=O)Cc1cc(=O)oc2cc(O)ccc12. The van der Waals surface area contributed by atoms with E-state index >= 15 is 0 Å². The fourth-order valence-electron chi connectivity index (χ4n) is 1.84. The van der Waals surface area contributed by atoms with Crippen molar-refractivity contribution in [3.8, 4) is 5.75 Å². The Hall–Kier alpha value is -2.83. The van der Waals surface area contributed by atoms with Gasteiger partial charge in [-0.05, 0) is 17.7 Å². The van der Waals surface area contributed by atoms with Crippen molar-refractivity contribution in [2.24, 2.45) is 0 Å². The normalized spacial score (nSPS) is 10.3. The van der Waals surface area contributed by atoms with Crippen LogP contribution in [0.15, 0.2) is 33.5 Å². The molecule has 0 bridgehead atoms. The molecule has 21 heavy (non-hydrogen) atoms. The van der Waals surface area contributed by atoms with E-state index in [0.29, 0.717) is 10.9 Å². The Morgan fingerprint density at radius 3 is 2.81 bits per heavy atom. The summed E-state index contributed by atoms with van der Waals surface area (Å²) in [7, 11) is 1.22. The molecule has 0 unspecified atom stereocenters. The van der Waals surface area contributed by atoms with Crippen LogP contribution in [0.2, 0.25) is 0 Å². The van der Waals surface area contributed by atoms with E-state index in [-0.39, 0.29) is 24.3 Å². The summed E-state index contributed by atoms with van der Waals surface area (Å²) in [5.74, 6) is -1.04. The van der Waals surface area contributed by atoms with E-state index in [0.717, 1.165) is 0 Å². The third kappa shape index (κ3) is 3.59. The predicted molar refractivity (Wildman–Crippen MR) is 72.9 cm³/mol. The number of rotatable bonds is 4. The summed E-state index contributed by atoms with van der Waals surface area (Å²) in [6.45, 7) is -0.241. The van der Waals surface area contributed by atoms with Crippen molar-refractivity contribution in [3.05, 3.63) is 40.2 Å². The average molecular weight is 291 g/mol. The Balaban J connectivity index is 2.24. The van der Waals surface area contributed by atoms with E-state index in [1.54, 1.807) is 6.07 Å². The van der Waals surface area contributed by atoms with E-state index in [4.69, 9.17) is 4.42 Å². The van der Waals surface area contributed by atoms with Gasteiger partial charge in [-0.1, -0.05) is 0 Å². The number of phenolic OH excluding ortho intramolecular Hbond substituents is 1. The first-order valence-electron chi connectivity index (χ1n) is 6.09. The topological polar surface area (TPSA) is 106 Å². The number of phenols is 1. The minimum atomic E-state index is -0.621. The number of methoxy groups -OCH3 is 1. The molecule has 0 spiro atoms. The first-order chi connectivity index (χ1) is 9.99. The largest absolute Gasteiger partial charge is 0.508 e. The molecule has 0 aliphatic rings. The van der Waals surface area contributed by atoms with Gasteiger partial charge in [0.15, 0.2) is 0 Å². The van der Waals surface area contributed by atoms with Crippen molar-refractivity contribution in [1.29, 1.82) is 0 Å². The van der Waals surface area contributed by atoms with Gasteiger partial charge in [0.25, 0.3) is 0 Å². The van der Waals surface area contributed by atoms with Crippen LogP contribution in [0.25, 0.3) is 11.0 Å². The lowest BCUT2D eigenvalue weighted by Gasteiger charge is -2.06. The summed E-state index contributed by atoms with van der Waals surface area (Å²) in [6.07, 6.45) is -0.0934. The van der Waals surface area contributed by atoms with Gasteiger partial charge < -0.3 is 19.6 Å². The molecule has 2 N–H and O–H groups in total. The first-order valence-corrected chi connectivity index (χ1v) is 6.09. The Morgan fingerprint density at radius 2 is 2.10 bits per heavy atom. The minimum absolute atomic E-state index is 0.0436. The maximum absolute atomic E-state index is 11.8. The number of fused-ring (bicyclic) bond motifs is 1. The first kappa shape index (κ1) is 14.6. The van der Waals surface area contributed by atoms with Crippen LogP contribution in [0, 0.1) is 0 Å². The van der Waals surface area contributed by atoms with Crippen molar-refractivity contribution >= 4 is 22.8 Å². The smallest absolute Gasteiger partial charge is 0.336 e. The number of hydrogen-bond donors (Lipinski definition) is 2. The molecule has 7 heteroatoms. The maximum atomic E-state index is 11.8. The van der Waals surface area contributed by atoms with E-state index in [2.05, 4.69) is 10.1 Å². The second-order valence-corrected chi connectivity index (χ2v) is 4.30. The van der Waals surface area contributed by atoms with Gasteiger partial charge in [0.1, 0.15) is 17.9 Å². The van der Waals surface area contributed by atoms with E-state index in [1.165, 1.54) is 25.3 Å². The second-order valence-electron chi connectivity index (χ2n) is 4.30. The lowest BCUT2D eigenvalue weighted by Crippen LogP contribution is -2.31. The maximum Gasteiger partial charge on any atom is 0.336 e. The molecule has 2 aromatic rings. The highest BCUT2D eigenvalue weighted by Gasteiger charge is 2.11. The second kappa shape index (κ2) is 6.08. The van der Waals surface area contributed by atoms with Gasteiger partial charge in [0.2, 0.25) is 5.91 Å². The zero-order chi connectivity index (χ0) is 15.4. The molecule has 0 saturated carbocycles. The van der Waals surface area contributed by atoms with Crippen LogP contribution >= 0.6 is 0 Å². The number of esters is 1. The van der Waals surface area contributed by atoms with Gasteiger partial charge in [-0.3, -0.25) is 9.59 Å². The Bertz CT molecular complexity index is 749. The Kier molecular flexibility index (Phi) is 4.22. The molecule has 2 rings (SSSR count). The summed E-state index contributed by atoms with van der Waals surface area (Å²) in [4.78, 5) is 34.2. The number of benzene rings is 1. The van der Waals surface area contributed by atoms with Crippen LogP contribution in [0.3, 0.4) is 0 Å². The molecule has 0 atom stereocenters. The molecular weight excluding hydrogens is 278 g/mol. The molecule has 1 amide bonds. The zero-order valence-electron chi connectivity index (χ0n) is 11.2. The zero-order valence-corrected chi connectivity index (χ0v) is 11.2. The highest BCUT2D eigenvalue weighted by molar-refractivity contribution is 5.89. The highest BCUT2D eigenvalue weighted by atomic mass is 16.5. The summed E-state index contributed by atoms with van der Waals surface area (Å²) >= 11 is 0. The van der Waals surface area contributed by atoms with Crippen LogP contribution in [-0.2, 0) is 20.7 Å². The van der Waals surface area contributed by atoms with Gasteiger partial charge in [-0.25, -0.2) is 4.79 Å². The van der Waals surface area contributed by atoms with E-state index in [1.807, 2.05) is 0 Å². The fraction of sp³-hybridized carbons (Fsp3) is 0.214. The number of carbonyl (C=O) groups excluding carboxylic acids is 2. The van der Waals surface area contributed by atoms with Crippen LogP contribution in [0.4, 0.5) is 0 Å². The molecular formula is C14H13NO6. The van der Waals surface area contributed by atoms with Crippen molar-refractivity contribution in [2.45, 2.75) is 6.42 Å². The number of aromatic hydroxyl groups is 1. The molecule has 7 nitrogen and oxygen atoms in total. The number of hydrogen-bond acceptors (Lipinski definition) is 6. The lowest BCUT2D eigenvalue weighted by molar-refractivity contribution is -0.141. The number of ether oxygens (including phenoxy) is 1. The Morgan fingerprint density at radius 1 is 1.33 bits per heavy atom. The molecule has 0 saturated heterocycles. The standard InChI is InChI=1S/C14H13NO6/c1-20-14(19)7-15-12(17)4-8-5-13(18)21-11-6-9(16)2-3-10(8)11/h2-3,5-6,16H,4,7H2,1H3,(H,15,17). The molecule has 0 radical (unpaired) electrons. The fourth-order valence-corrected chi connectivity index (χ4v) is 1.84. The predicted octanol–water partition coefficient (Wildman–Crippen LogP) is 0.330. The molecule has 1 aromatic carbocycles.